The van der Waals surface area contributed by atoms with Gasteiger partial charge in [-0.3, -0.25) is 0 Å². The fraction of sp³-hybridized carbons (Fsp3) is 0. The van der Waals surface area contributed by atoms with Crippen molar-refractivity contribution in [3.8, 4) is 0 Å². The van der Waals surface area contributed by atoms with Crippen molar-refractivity contribution in [2.24, 2.45) is 0 Å². The molecule has 0 saturated heterocycles. The van der Waals surface area contributed by atoms with Crippen LogP contribution in [-0.2, 0) is 86.9 Å². The maximum atomic E-state index is 7.50. The Hall–Kier alpha value is -1.56. The van der Waals surface area contributed by atoms with Crippen LogP contribution >= 0.6 is 0 Å². The maximum absolute atomic E-state index is 7.50. The van der Waals surface area contributed by atoms with E-state index in [-0.39, 0.29) is 68.3 Å². The molecule has 8 heteroatoms. The van der Waals surface area contributed by atoms with E-state index in [1.807, 2.05) is 121 Å². The summed E-state index contributed by atoms with van der Waals surface area (Å²) in [6, 6.07) is 40.0. The molecule has 4 radical (unpaired) electrons. The molecule has 0 heterocycles. The Morgan fingerprint density at radius 2 is 0.375 bits per heavy atom. The SMILES string of the molecule is [C-]#[O+].[C-]#[O+].[C-]#[O+].[C-]#[O+].[Fe+5].[Fe+5].[Fe+5].[Fe+5].c1cc[cH-]c1.c1cc[cH-]c1.c1cc[cH-]c1.c1cc[cH-]c1. The van der Waals surface area contributed by atoms with Crippen LogP contribution in [0, 0.1) is 26.6 Å². The van der Waals surface area contributed by atoms with Crippen LogP contribution in [0.5, 0.6) is 0 Å². The van der Waals surface area contributed by atoms with E-state index in [1.54, 1.807) is 0 Å². The van der Waals surface area contributed by atoms with Crippen LogP contribution in [0.2, 0.25) is 0 Å². The van der Waals surface area contributed by atoms with Gasteiger partial charge in [0, 0.05) is 0 Å². The molecule has 0 N–H and O–H groups in total. The summed E-state index contributed by atoms with van der Waals surface area (Å²) in [5.41, 5.74) is 0. The van der Waals surface area contributed by atoms with Crippen LogP contribution in [0.25, 0.3) is 0 Å². The van der Waals surface area contributed by atoms with Gasteiger partial charge in [-0.2, -0.15) is 72.8 Å². The number of hydrogen-bond donors (Lipinski definition) is 0. The van der Waals surface area contributed by atoms with E-state index in [0.717, 1.165) is 0 Å². The summed E-state index contributed by atoms with van der Waals surface area (Å²) in [4.78, 5) is 0. The Morgan fingerprint density at radius 1 is 0.281 bits per heavy atom. The van der Waals surface area contributed by atoms with Gasteiger partial charge in [0.05, 0.1) is 0 Å². The van der Waals surface area contributed by atoms with E-state index >= 15 is 0 Å². The molecule has 0 bridgehead atoms. The Balaban J connectivity index is -0.0000000350. The van der Waals surface area contributed by atoms with Crippen LogP contribution < -0.4 is 0 Å². The first kappa shape index (κ1) is 52.4. The topological polar surface area (TPSA) is 79.6 Å². The van der Waals surface area contributed by atoms with Gasteiger partial charge < -0.3 is 0 Å². The molecule has 4 rings (SSSR count). The molecule has 4 aromatic rings. The molecule has 0 aliphatic heterocycles. The molecule has 0 aromatic heterocycles. The van der Waals surface area contributed by atoms with Gasteiger partial charge in [0.15, 0.2) is 0 Å². The summed E-state index contributed by atoms with van der Waals surface area (Å²) >= 11 is 0. The summed E-state index contributed by atoms with van der Waals surface area (Å²) in [5, 5.41) is 0. The quantitative estimate of drug-likeness (QED) is 0.147. The number of rotatable bonds is 0. The third kappa shape index (κ3) is 63.0. The predicted molar refractivity (Wildman–Crippen MR) is 104 cm³/mol. The van der Waals surface area contributed by atoms with Crippen molar-refractivity contribution in [1.82, 2.24) is 0 Å². The molecule has 0 aliphatic rings. The second-order valence-electron chi connectivity index (χ2n) is 3.85. The molecule has 32 heavy (non-hydrogen) atoms. The van der Waals surface area contributed by atoms with Crippen LogP contribution in [-0.4, -0.2) is 0 Å². The molecule has 0 amide bonds. The summed E-state index contributed by atoms with van der Waals surface area (Å²) in [6.45, 7) is 18.0. The minimum absolute atomic E-state index is 0. The molecule has 4 nitrogen and oxygen atoms in total. The van der Waals surface area contributed by atoms with Crippen LogP contribution in [0.1, 0.15) is 0 Å². The van der Waals surface area contributed by atoms with Gasteiger partial charge in [-0.15, -0.1) is 0 Å². The Bertz CT molecular complexity index is 497. The van der Waals surface area contributed by atoms with E-state index in [2.05, 4.69) is 26.6 Å². The monoisotopic (exact) mass is 596 g/mol. The molecule has 156 valence electrons. The molecule has 0 atom stereocenters. The van der Waals surface area contributed by atoms with Crippen molar-refractivity contribution in [3.63, 3.8) is 0 Å². The average molecular weight is 596 g/mol. The minimum atomic E-state index is 0. The summed E-state index contributed by atoms with van der Waals surface area (Å²) in [6.07, 6.45) is 0. The maximum Gasteiger partial charge on any atom is 5.00 e. The van der Waals surface area contributed by atoms with Gasteiger partial charge in [-0.25, -0.2) is 48.5 Å². The molecule has 0 unspecified atom stereocenters. The third-order valence-corrected chi connectivity index (χ3v) is 2.22. The second kappa shape index (κ2) is 70.0. The van der Waals surface area contributed by atoms with Gasteiger partial charge >= 0.3 is 113 Å². The van der Waals surface area contributed by atoms with E-state index in [0.29, 0.717) is 0 Å². The molecule has 0 aliphatic carbocycles. The van der Waals surface area contributed by atoms with Crippen molar-refractivity contribution in [3.05, 3.63) is 148 Å². The van der Waals surface area contributed by atoms with E-state index < -0.39 is 0 Å². The largest absolute Gasteiger partial charge is 5.00 e. The Morgan fingerprint density at radius 3 is 0.406 bits per heavy atom. The number of hydrogen-bond acceptors (Lipinski definition) is 0. The average Bonchev–Trinajstić information content (AvgIpc) is 3.66. The Labute approximate surface area is 233 Å². The summed E-state index contributed by atoms with van der Waals surface area (Å²) in [7, 11) is 0. The summed E-state index contributed by atoms with van der Waals surface area (Å²) < 4.78 is 30.0. The molecule has 0 saturated carbocycles. The molecule has 4 aromatic carbocycles. The zero-order chi connectivity index (χ0) is 22.1. The first-order valence-electron chi connectivity index (χ1n) is 7.48. The Kier molecular flexibility index (Phi) is 115. The predicted octanol–water partition coefficient (Wildman–Crippen LogP) is 5.46. The van der Waals surface area contributed by atoms with Crippen LogP contribution in [0.4, 0.5) is 0 Å². The normalized spacial score (nSPS) is 5.25. The van der Waals surface area contributed by atoms with E-state index in [4.69, 9.17) is 18.6 Å². The molecular formula is C24H20Fe4O4+16. The molecule has 0 fully saturated rings. The van der Waals surface area contributed by atoms with Crippen molar-refractivity contribution >= 4 is 0 Å². The van der Waals surface area contributed by atoms with Crippen molar-refractivity contribution in [2.75, 3.05) is 0 Å². The van der Waals surface area contributed by atoms with Gasteiger partial charge in [-0.05, 0) is 0 Å². The molecule has 0 spiro atoms. The zero-order valence-electron chi connectivity index (χ0n) is 16.6. The van der Waals surface area contributed by atoms with Crippen molar-refractivity contribution in [2.45, 2.75) is 0 Å². The fourth-order valence-electron chi connectivity index (χ4n) is 1.28. The van der Waals surface area contributed by atoms with Crippen molar-refractivity contribution < 1.29 is 86.9 Å². The fourth-order valence-corrected chi connectivity index (χ4v) is 1.28. The van der Waals surface area contributed by atoms with Crippen LogP contribution in [0.15, 0.2) is 121 Å². The second-order valence-corrected chi connectivity index (χ2v) is 3.85. The van der Waals surface area contributed by atoms with E-state index in [1.165, 1.54) is 0 Å². The third-order valence-electron chi connectivity index (χ3n) is 2.22. The van der Waals surface area contributed by atoms with Gasteiger partial charge in [-0.1, -0.05) is 0 Å². The molecular weight excluding hydrogens is 576 g/mol. The first-order valence-corrected chi connectivity index (χ1v) is 7.48. The van der Waals surface area contributed by atoms with Crippen molar-refractivity contribution in [1.29, 1.82) is 0 Å². The van der Waals surface area contributed by atoms with Gasteiger partial charge in [0.1, 0.15) is 0 Å². The van der Waals surface area contributed by atoms with Gasteiger partial charge in [0.25, 0.3) is 0 Å². The van der Waals surface area contributed by atoms with E-state index in [9.17, 15) is 0 Å². The summed E-state index contributed by atoms with van der Waals surface area (Å²) in [5.74, 6) is 0. The van der Waals surface area contributed by atoms with Crippen LogP contribution in [0.3, 0.4) is 0 Å². The first-order chi connectivity index (χ1) is 14.0. The van der Waals surface area contributed by atoms with Gasteiger partial charge in [0.2, 0.25) is 0 Å². The smallest absolute Gasteiger partial charge is 0.214 e. The minimum Gasteiger partial charge on any atom is -0.214 e. The zero-order valence-corrected chi connectivity index (χ0v) is 21.0. The standard InChI is InChI=1S/4C5H5.4CO.4Fe/c4*1-2-4-5-3-1;4*1-2;;;;/h4*1-5H;;;;;;;;/q4*-1;;;;;4*+5.